The smallest absolute Gasteiger partial charge is 0.0669 e. The third kappa shape index (κ3) is 4.50. The van der Waals surface area contributed by atoms with Crippen molar-refractivity contribution >= 4 is 0 Å². The first-order chi connectivity index (χ1) is 8.56. The van der Waals surface area contributed by atoms with Crippen molar-refractivity contribution in [1.82, 2.24) is 4.90 Å². The van der Waals surface area contributed by atoms with Gasteiger partial charge in [-0.1, -0.05) is 25.1 Å². The third-order valence-corrected chi connectivity index (χ3v) is 3.56. The molecule has 1 rings (SSSR count). The number of rotatable bonds is 6. The highest BCUT2D eigenvalue weighted by Gasteiger charge is 2.08. The summed E-state index contributed by atoms with van der Waals surface area (Å²) < 4.78 is 0. The lowest BCUT2D eigenvalue weighted by molar-refractivity contribution is 0.303. The number of likely N-dealkylation sites (N-methyl/N-ethyl adjacent to an activating group) is 1. The zero-order chi connectivity index (χ0) is 13.5. The molecule has 0 aliphatic carbocycles. The molecule has 1 atom stereocenters. The average molecular weight is 244 g/mol. The monoisotopic (exact) mass is 244 g/mol. The molecule has 98 valence electrons. The van der Waals surface area contributed by atoms with Crippen molar-refractivity contribution in [3.05, 3.63) is 34.9 Å². The Balaban J connectivity index is 2.45. The summed E-state index contributed by atoms with van der Waals surface area (Å²) in [6, 6.07) is 9.02. The molecule has 0 bridgehead atoms. The maximum atomic E-state index is 8.95. The second-order valence-electron chi connectivity index (χ2n) is 5.17. The van der Waals surface area contributed by atoms with Crippen molar-refractivity contribution in [3.63, 3.8) is 0 Å². The molecule has 0 radical (unpaired) electrons. The SMILES string of the molecule is CCC(C#N)CN(C)CCc1ccc(C)c(C)c1. The van der Waals surface area contributed by atoms with Crippen LogP contribution in [0.2, 0.25) is 0 Å². The minimum Gasteiger partial charge on any atom is -0.305 e. The summed E-state index contributed by atoms with van der Waals surface area (Å²) in [6.07, 6.45) is 1.99. The first kappa shape index (κ1) is 14.7. The van der Waals surface area contributed by atoms with Crippen molar-refractivity contribution in [2.45, 2.75) is 33.6 Å². The minimum absolute atomic E-state index is 0.162. The van der Waals surface area contributed by atoms with E-state index in [2.05, 4.69) is 57.0 Å². The predicted octanol–water partition coefficient (Wildman–Crippen LogP) is 3.33. The van der Waals surface area contributed by atoms with Gasteiger partial charge >= 0.3 is 0 Å². The van der Waals surface area contributed by atoms with Gasteiger partial charge in [0, 0.05) is 13.1 Å². The first-order valence-electron chi connectivity index (χ1n) is 6.71. The predicted molar refractivity (Wildman–Crippen MR) is 76.5 cm³/mol. The molecule has 0 spiro atoms. The molecule has 1 unspecified atom stereocenters. The molecule has 2 nitrogen and oxygen atoms in total. The molecule has 1 aromatic rings. The van der Waals surface area contributed by atoms with Gasteiger partial charge in [-0.05, 0) is 50.4 Å². The number of aryl methyl sites for hydroxylation is 2. The average Bonchev–Trinajstić information content (AvgIpc) is 2.37. The van der Waals surface area contributed by atoms with Crippen molar-refractivity contribution in [2.75, 3.05) is 20.1 Å². The molecule has 0 fully saturated rings. The van der Waals surface area contributed by atoms with Crippen LogP contribution in [-0.2, 0) is 6.42 Å². The highest BCUT2D eigenvalue weighted by molar-refractivity contribution is 5.30. The van der Waals surface area contributed by atoms with Crippen molar-refractivity contribution in [3.8, 4) is 6.07 Å². The van der Waals surface area contributed by atoms with Gasteiger partial charge < -0.3 is 4.90 Å². The quantitative estimate of drug-likeness (QED) is 0.767. The Morgan fingerprint density at radius 2 is 2.00 bits per heavy atom. The summed E-state index contributed by atoms with van der Waals surface area (Å²) in [5.41, 5.74) is 4.09. The van der Waals surface area contributed by atoms with E-state index in [1.807, 2.05) is 0 Å². The second-order valence-corrected chi connectivity index (χ2v) is 5.17. The van der Waals surface area contributed by atoms with E-state index in [0.29, 0.717) is 0 Å². The molecule has 2 heteroatoms. The normalized spacial score (nSPS) is 12.4. The number of benzene rings is 1. The lowest BCUT2D eigenvalue weighted by Gasteiger charge is -2.19. The van der Waals surface area contributed by atoms with Gasteiger partial charge in [0.1, 0.15) is 0 Å². The summed E-state index contributed by atoms with van der Waals surface area (Å²) in [7, 11) is 2.10. The number of hydrogen-bond acceptors (Lipinski definition) is 2. The topological polar surface area (TPSA) is 27.0 Å². The Morgan fingerprint density at radius 1 is 1.28 bits per heavy atom. The van der Waals surface area contributed by atoms with Crippen LogP contribution in [0.15, 0.2) is 18.2 Å². The van der Waals surface area contributed by atoms with Gasteiger partial charge in [-0.25, -0.2) is 0 Å². The van der Waals surface area contributed by atoms with Crippen LogP contribution in [0.4, 0.5) is 0 Å². The Morgan fingerprint density at radius 3 is 2.56 bits per heavy atom. The minimum atomic E-state index is 0.162. The molecule has 18 heavy (non-hydrogen) atoms. The summed E-state index contributed by atoms with van der Waals surface area (Å²) in [5, 5.41) is 8.95. The summed E-state index contributed by atoms with van der Waals surface area (Å²) in [5.74, 6) is 0.162. The van der Waals surface area contributed by atoms with Gasteiger partial charge in [0.05, 0.1) is 12.0 Å². The van der Waals surface area contributed by atoms with E-state index in [-0.39, 0.29) is 5.92 Å². The molecule has 1 aromatic carbocycles. The van der Waals surface area contributed by atoms with Gasteiger partial charge in [0.25, 0.3) is 0 Å². The molecule has 0 amide bonds. The van der Waals surface area contributed by atoms with E-state index in [4.69, 9.17) is 5.26 Å². The van der Waals surface area contributed by atoms with Crippen LogP contribution in [0.5, 0.6) is 0 Å². The van der Waals surface area contributed by atoms with Crippen molar-refractivity contribution < 1.29 is 0 Å². The molecule has 0 N–H and O–H groups in total. The molecule has 0 aliphatic heterocycles. The number of nitrogens with zero attached hydrogens (tertiary/aromatic N) is 2. The van der Waals surface area contributed by atoms with Crippen LogP contribution in [0.25, 0.3) is 0 Å². The van der Waals surface area contributed by atoms with Crippen molar-refractivity contribution in [2.24, 2.45) is 5.92 Å². The summed E-state index contributed by atoms with van der Waals surface area (Å²) >= 11 is 0. The van der Waals surface area contributed by atoms with Crippen molar-refractivity contribution in [1.29, 1.82) is 5.26 Å². The largest absolute Gasteiger partial charge is 0.305 e. The molecule has 0 aromatic heterocycles. The van der Waals surface area contributed by atoms with E-state index in [1.165, 1.54) is 16.7 Å². The number of hydrogen-bond donors (Lipinski definition) is 0. The second kappa shape index (κ2) is 7.18. The summed E-state index contributed by atoms with van der Waals surface area (Å²) in [6.45, 7) is 8.26. The van der Waals surface area contributed by atoms with E-state index in [1.54, 1.807) is 0 Å². The highest BCUT2D eigenvalue weighted by Crippen LogP contribution is 2.11. The standard InChI is InChI=1S/C16H24N2/c1-5-15(11-17)12-18(4)9-8-16-7-6-13(2)14(3)10-16/h6-7,10,15H,5,8-9,12H2,1-4H3. The molecular formula is C16H24N2. The Hall–Kier alpha value is -1.33. The highest BCUT2D eigenvalue weighted by atomic mass is 15.1. The Bertz CT molecular complexity index is 418. The fourth-order valence-corrected chi connectivity index (χ4v) is 2.01. The van der Waals surface area contributed by atoms with Crippen LogP contribution in [-0.4, -0.2) is 25.0 Å². The van der Waals surface area contributed by atoms with E-state index in [0.717, 1.165) is 25.9 Å². The fourth-order valence-electron chi connectivity index (χ4n) is 2.01. The molecule has 0 aliphatic rings. The molecular weight excluding hydrogens is 220 g/mol. The fraction of sp³-hybridized carbons (Fsp3) is 0.562. The maximum Gasteiger partial charge on any atom is 0.0669 e. The van der Waals surface area contributed by atoms with Crippen LogP contribution in [0.3, 0.4) is 0 Å². The van der Waals surface area contributed by atoms with Gasteiger partial charge in [0.15, 0.2) is 0 Å². The van der Waals surface area contributed by atoms with Crippen LogP contribution >= 0.6 is 0 Å². The van der Waals surface area contributed by atoms with Gasteiger partial charge in [0.2, 0.25) is 0 Å². The van der Waals surface area contributed by atoms with Crippen LogP contribution in [0, 0.1) is 31.1 Å². The summed E-state index contributed by atoms with van der Waals surface area (Å²) in [4.78, 5) is 2.26. The molecule has 0 saturated carbocycles. The van der Waals surface area contributed by atoms with Crippen LogP contribution < -0.4 is 0 Å². The molecule has 0 saturated heterocycles. The van der Waals surface area contributed by atoms with E-state index >= 15 is 0 Å². The third-order valence-electron chi connectivity index (χ3n) is 3.56. The molecule has 0 heterocycles. The number of nitriles is 1. The Kier molecular flexibility index (Phi) is 5.88. The van der Waals surface area contributed by atoms with Gasteiger partial charge in [-0.15, -0.1) is 0 Å². The zero-order valence-electron chi connectivity index (χ0n) is 12.0. The zero-order valence-corrected chi connectivity index (χ0v) is 12.0. The first-order valence-corrected chi connectivity index (χ1v) is 6.71. The Labute approximate surface area is 111 Å². The maximum absolute atomic E-state index is 8.95. The van der Waals surface area contributed by atoms with E-state index in [9.17, 15) is 0 Å². The lowest BCUT2D eigenvalue weighted by atomic mass is 10.0. The van der Waals surface area contributed by atoms with Gasteiger partial charge in [-0.2, -0.15) is 5.26 Å². The lowest BCUT2D eigenvalue weighted by Crippen LogP contribution is -2.27. The van der Waals surface area contributed by atoms with Gasteiger partial charge in [-0.3, -0.25) is 0 Å². The van der Waals surface area contributed by atoms with Crippen LogP contribution in [0.1, 0.15) is 30.0 Å². The van der Waals surface area contributed by atoms with E-state index < -0.39 is 0 Å².